The van der Waals surface area contributed by atoms with Crippen molar-refractivity contribution in [3.63, 3.8) is 0 Å². The van der Waals surface area contributed by atoms with Gasteiger partial charge in [0, 0.05) is 5.56 Å². The van der Waals surface area contributed by atoms with Crippen molar-refractivity contribution in [3.8, 4) is 11.5 Å². The molecule has 0 radical (unpaired) electrons. The van der Waals surface area contributed by atoms with Gasteiger partial charge in [-0.3, -0.25) is 0 Å². The molecule has 0 N–H and O–H groups in total. The second-order valence-electron chi connectivity index (χ2n) is 7.06. The molecular formula is C29H27NO4. The first-order valence-corrected chi connectivity index (χ1v) is 10.9. The summed E-state index contributed by atoms with van der Waals surface area (Å²) in [7, 11) is 1.56. The largest absolute Gasteiger partial charge is 0.493 e. The molecule has 0 heterocycles. The van der Waals surface area contributed by atoms with Crippen LogP contribution in [0.15, 0.2) is 102 Å². The number of carbonyl (C=O) groups excluding carboxylic acids is 1. The van der Waals surface area contributed by atoms with E-state index in [1.807, 2.05) is 72.8 Å². The summed E-state index contributed by atoms with van der Waals surface area (Å²) in [6.45, 7) is 5.95. The number of ether oxygens (including phenoxy) is 3. The molecule has 0 saturated heterocycles. The lowest BCUT2D eigenvalue weighted by atomic mass is 9.99. The summed E-state index contributed by atoms with van der Waals surface area (Å²) in [5.74, 6) is 3.54. The SMILES string of the molecule is C=CCOc1c(/C=C(\N=C=C(c2ccccc2)c2ccccc2)C(=O)OCC)cccc1OC. The van der Waals surface area contributed by atoms with Gasteiger partial charge >= 0.3 is 5.97 Å². The third kappa shape index (κ3) is 6.35. The van der Waals surface area contributed by atoms with Gasteiger partial charge in [0.2, 0.25) is 0 Å². The minimum atomic E-state index is -0.562. The topological polar surface area (TPSA) is 57.1 Å². The third-order valence-corrected chi connectivity index (χ3v) is 4.76. The lowest BCUT2D eigenvalue weighted by Gasteiger charge is -2.12. The van der Waals surface area contributed by atoms with Gasteiger partial charge in [-0.2, -0.15) is 4.99 Å². The number of para-hydroxylation sites is 1. The molecule has 0 fully saturated rings. The van der Waals surface area contributed by atoms with E-state index in [-0.39, 0.29) is 18.9 Å². The van der Waals surface area contributed by atoms with Gasteiger partial charge in [-0.05, 0) is 36.1 Å². The highest BCUT2D eigenvalue weighted by atomic mass is 16.5. The first-order chi connectivity index (χ1) is 16.7. The van der Waals surface area contributed by atoms with Gasteiger partial charge in [0.1, 0.15) is 6.61 Å². The van der Waals surface area contributed by atoms with Gasteiger partial charge in [0.15, 0.2) is 17.2 Å². The van der Waals surface area contributed by atoms with Gasteiger partial charge in [0.25, 0.3) is 0 Å². The van der Waals surface area contributed by atoms with E-state index >= 15 is 0 Å². The van der Waals surface area contributed by atoms with Crippen LogP contribution in [0.25, 0.3) is 11.6 Å². The molecule has 3 aromatic rings. The number of hydrogen-bond acceptors (Lipinski definition) is 5. The predicted octanol–water partition coefficient (Wildman–Crippen LogP) is 5.97. The van der Waals surface area contributed by atoms with Crippen LogP contribution < -0.4 is 9.47 Å². The van der Waals surface area contributed by atoms with Crippen molar-refractivity contribution >= 4 is 23.5 Å². The number of methoxy groups -OCH3 is 1. The molecular weight excluding hydrogens is 426 g/mol. The van der Waals surface area contributed by atoms with Gasteiger partial charge in [0.05, 0.1) is 19.3 Å². The van der Waals surface area contributed by atoms with Gasteiger partial charge in [-0.25, -0.2) is 4.79 Å². The summed E-state index contributed by atoms with van der Waals surface area (Å²) in [5, 5.41) is 0. The normalized spacial score (nSPS) is 10.6. The summed E-state index contributed by atoms with van der Waals surface area (Å²) < 4.78 is 16.5. The molecule has 3 rings (SSSR count). The molecule has 0 aromatic heterocycles. The van der Waals surface area contributed by atoms with E-state index < -0.39 is 5.97 Å². The lowest BCUT2D eigenvalue weighted by Crippen LogP contribution is -2.06. The minimum Gasteiger partial charge on any atom is -0.493 e. The van der Waals surface area contributed by atoms with Crippen LogP contribution in [0.3, 0.4) is 0 Å². The van der Waals surface area contributed by atoms with Crippen LogP contribution in [-0.4, -0.2) is 32.2 Å². The van der Waals surface area contributed by atoms with E-state index in [0.29, 0.717) is 17.1 Å². The number of esters is 1. The molecule has 172 valence electrons. The fourth-order valence-corrected chi connectivity index (χ4v) is 3.21. The summed E-state index contributed by atoms with van der Waals surface area (Å²) in [5.41, 5.74) is 3.32. The van der Waals surface area contributed by atoms with Crippen LogP contribution in [-0.2, 0) is 9.53 Å². The molecule has 0 amide bonds. The van der Waals surface area contributed by atoms with E-state index in [1.165, 1.54) is 0 Å². The van der Waals surface area contributed by atoms with Gasteiger partial charge in [-0.15, -0.1) is 0 Å². The molecule has 34 heavy (non-hydrogen) atoms. The summed E-state index contributed by atoms with van der Waals surface area (Å²) in [6.07, 6.45) is 3.25. The smallest absolute Gasteiger partial charge is 0.357 e. The molecule has 0 spiro atoms. The average molecular weight is 454 g/mol. The third-order valence-electron chi connectivity index (χ3n) is 4.76. The molecule has 0 atom stereocenters. The molecule has 5 nitrogen and oxygen atoms in total. The Morgan fingerprint density at radius 2 is 1.62 bits per heavy atom. The Bertz CT molecular complexity index is 1170. The summed E-state index contributed by atoms with van der Waals surface area (Å²) >= 11 is 0. The Morgan fingerprint density at radius 3 is 2.18 bits per heavy atom. The number of aliphatic imine (C=N–C) groups is 1. The van der Waals surface area contributed by atoms with Crippen molar-refractivity contribution < 1.29 is 19.0 Å². The minimum absolute atomic E-state index is 0.0860. The Kier molecular flexibility index (Phi) is 9.03. The molecule has 3 aromatic carbocycles. The molecule has 0 aliphatic heterocycles. The first kappa shape index (κ1) is 24.3. The van der Waals surface area contributed by atoms with Crippen LogP contribution in [0.4, 0.5) is 0 Å². The fourth-order valence-electron chi connectivity index (χ4n) is 3.21. The zero-order valence-corrected chi connectivity index (χ0v) is 19.4. The molecule has 0 saturated carbocycles. The highest BCUT2D eigenvalue weighted by Crippen LogP contribution is 2.33. The van der Waals surface area contributed by atoms with Crippen molar-refractivity contribution in [2.75, 3.05) is 20.3 Å². The second kappa shape index (κ2) is 12.6. The summed E-state index contributed by atoms with van der Waals surface area (Å²) in [6, 6.07) is 25.0. The molecule has 5 heteroatoms. The first-order valence-electron chi connectivity index (χ1n) is 10.9. The number of nitrogens with zero attached hydrogens (tertiary/aromatic N) is 1. The van der Waals surface area contributed by atoms with Crippen LogP contribution >= 0.6 is 0 Å². The monoisotopic (exact) mass is 453 g/mol. The highest BCUT2D eigenvalue weighted by Gasteiger charge is 2.15. The van der Waals surface area contributed by atoms with E-state index in [2.05, 4.69) is 17.4 Å². The zero-order chi connectivity index (χ0) is 24.2. The van der Waals surface area contributed by atoms with E-state index in [4.69, 9.17) is 14.2 Å². The Morgan fingerprint density at radius 1 is 0.971 bits per heavy atom. The fraction of sp³-hybridized carbons (Fsp3) is 0.138. The average Bonchev–Trinajstić information content (AvgIpc) is 2.88. The van der Waals surface area contributed by atoms with Gasteiger partial charge < -0.3 is 14.2 Å². The van der Waals surface area contributed by atoms with Crippen molar-refractivity contribution in [1.82, 2.24) is 0 Å². The maximum atomic E-state index is 12.8. The van der Waals surface area contributed by atoms with E-state index in [0.717, 1.165) is 16.7 Å². The number of benzene rings is 3. The summed E-state index contributed by atoms with van der Waals surface area (Å²) in [4.78, 5) is 17.2. The molecule has 0 unspecified atom stereocenters. The molecule has 0 aliphatic rings. The standard InChI is InChI=1S/C29H27NO4/c1-4-19-34-28-24(17-12-18-27(28)32-3)20-26(29(31)33-5-2)30-21-25(22-13-8-6-9-14-22)23-15-10-7-11-16-23/h4,6-18,20H,1,5,19H2,2-3H3/b26-20-. The number of rotatable bonds is 10. The molecule has 0 aliphatic carbocycles. The maximum Gasteiger partial charge on any atom is 0.357 e. The number of hydrogen-bond donors (Lipinski definition) is 0. The second-order valence-corrected chi connectivity index (χ2v) is 7.06. The van der Waals surface area contributed by atoms with Crippen LogP contribution in [0.5, 0.6) is 11.5 Å². The quantitative estimate of drug-likeness (QED) is 0.164. The van der Waals surface area contributed by atoms with Crippen molar-refractivity contribution in [1.29, 1.82) is 0 Å². The lowest BCUT2D eigenvalue weighted by molar-refractivity contribution is -0.138. The van der Waals surface area contributed by atoms with Crippen molar-refractivity contribution in [2.45, 2.75) is 6.92 Å². The Labute approximate surface area is 200 Å². The predicted molar refractivity (Wildman–Crippen MR) is 136 cm³/mol. The van der Waals surface area contributed by atoms with Crippen LogP contribution in [0.2, 0.25) is 0 Å². The van der Waals surface area contributed by atoms with E-state index in [9.17, 15) is 4.79 Å². The Hall–Kier alpha value is -4.34. The van der Waals surface area contributed by atoms with Crippen molar-refractivity contribution in [2.24, 2.45) is 4.99 Å². The zero-order valence-electron chi connectivity index (χ0n) is 19.4. The maximum absolute atomic E-state index is 12.8. The van der Waals surface area contributed by atoms with E-state index in [1.54, 1.807) is 32.3 Å². The number of carbonyl (C=O) groups is 1. The van der Waals surface area contributed by atoms with Crippen LogP contribution in [0.1, 0.15) is 23.6 Å². The highest BCUT2D eigenvalue weighted by molar-refractivity contribution is 6.02. The van der Waals surface area contributed by atoms with Crippen molar-refractivity contribution in [3.05, 3.63) is 114 Å². The van der Waals surface area contributed by atoms with Gasteiger partial charge in [-0.1, -0.05) is 85.5 Å². The molecule has 0 bridgehead atoms. The van der Waals surface area contributed by atoms with Crippen LogP contribution in [0, 0.1) is 0 Å². The Balaban J connectivity index is 2.18.